The Labute approximate surface area is 189 Å². The number of phenolic OH excluding ortho intramolecular Hbond substituents is 1. The molecule has 2 aliphatic rings. The summed E-state index contributed by atoms with van der Waals surface area (Å²) in [5.74, 6) is -2.69. The highest BCUT2D eigenvalue weighted by molar-refractivity contribution is 9.10. The number of fused-ring (bicyclic) bond motifs is 1. The number of halogens is 5. The molecule has 0 heterocycles. The second kappa shape index (κ2) is 7.37. The van der Waals surface area contributed by atoms with Gasteiger partial charge >= 0.3 is 0 Å². The van der Waals surface area contributed by atoms with Crippen molar-refractivity contribution >= 4 is 73.9 Å². The molecule has 0 fully saturated rings. The van der Waals surface area contributed by atoms with Crippen LogP contribution in [0.3, 0.4) is 0 Å². The summed E-state index contributed by atoms with van der Waals surface area (Å²) in [5, 5.41) is 9.81. The molecule has 148 valence electrons. The number of phenols is 1. The van der Waals surface area contributed by atoms with E-state index in [-0.39, 0.29) is 23.5 Å². The Balaban J connectivity index is 2.40. The van der Waals surface area contributed by atoms with Crippen LogP contribution in [-0.4, -0.2) is 33.5 Å². The second-order valence-electron chi connectivity index (χ2n) is 6.39. The highest BCUT2D eigenvalue weighted by Crippen LogP contribution is 2.61. The van der Waals surface area contributed by atoms with Crippen LogP contribution in [0.25, 0.3) is 0 Å². The van der Waals surface area contributed by atoms with E-state index in [9.17, 15) is 14.7 Å². The van der Waals surface area contributed by atoms with Gasteiger partial charge in [-0.25, -0.2) is 0 Å². The lowest BCUT2D eigenvalue weighted by Crippen LogP contribution is -2.64. The van der Waals surface area contributed by atoms with Gasteiger partial charge < -0.3 is 9.84 Å². The van der Waals surface area contributed by atoms with E-state index in [1.54, 1.807) is 18.2 Å². The molecule has 9 heteroatoms. The zero-order chi connectivity index (χ0) is 21.0. The first-order valence-corrected chi connectivity index (χ1v) is 10.3. The van der Waals surface area contributed by atoms with Gasteiger partial charge in [-0.15, -0.1) is 23.2 Å². The van der Waals surface area contributed by atoms with Crippen molar-refractivity contribution in [1.29, 1.82) is 0 Å². The highest BCUT2D eigenvalue weighted by atomic mass is 79.9. The number of allylic oxidation sites excluding steroid dienone is 5. The predicted molar refractivity (Wildman–Crippen MR) is 114 cm³/mol. The monoisotopic (exact) mass is 524 g/mol. The average Bonchev–Trinajstić information content (AvgIpc) is 2.68. The molecule has 1 aromatic rings. The van der Waals surface area contributed by atoms with Crippen LogP contribution in [0.1, 0.15) is 17.9 Å². The van der Waals surface area contributed by atoms with Gasteiger partial charge in [0, 0.05) is 16.0 Å². The van der Waals surface area contributed by atoms with Crippen molar-refractivity contribution in [2.24, 2.45) is 0 Å². The zero-order valence-electron chi connectivity index (χ0n) is 14.4. The second-order valence-corrected chi connectivity index (χ2v) is 9.30. The molecule has 0 aliphatic heterocycles. The number of benzene rings is 1. The van der Waals surface area contributed by atoms with Crippen molar-refractivity contribution < 1.29 is 19.4 Å². The van der Waals surface area contributed by atoms with Crippen LogP contribution in [0.2, 0.25) is 0 Å². The lowest BCUT2D eigenvalue weighted by molar-refractivity contribution is -0.127. The third-order valence-electron chi connectivity index (χ3n) is 5.04. The Morgan fingerprint density at radius 1 is 1.25 bits per heavy atom. The Kier molecular flexibility index (Phi) is 5.72. The molecule has 0 radical (unpaired) electrons. The summed E-state index contributed by atoms with van der Waals surface area (Å²) in [4.78, 5) is 22.2. The van der Waals surface area contributed by atoms with Crippen LogP contribution in [0, 0.1) is 0 Å². The molecule has 28 heavy (non-hydrogen) atoms. The number of aromatic hydroxyl groups is 1. The minimum Gasteiger partial charge on any atom is -0.504 e. The summed E-state index contributed by atoms with van der Waals surface area (Å²) in [7, 11) is 1.38. The van der Waals surface area contributed by atoms with Crippen molar-refractivity contribution in [1.82, 2.24) is 0 Å². The number of methoxy groups -OCH3 is 1. The first-order valence-electron chi connectivity index (χ1n) is 7.96. The van der Waals surface area contributed by atoms with Crippen LogP contribution in [-0.2, 0) is 9.59 Å². The first-order chi connectivity index (χ1) is 13.0. The minimum atomic E-state index is -2.04. The Hall–Kier alpha value is -0.980. The van der Waals surface area contributed by atoms with Crippen molar-refractivity contribution in [2.45, 2.75) is 22.1 Å². The predicted octanol–water partition coefficient (Wildman–Crippen LogP) is 5.56. The van der Waals surface area contributed by atoms with Gasteiger partial charge in [-0.05, 0) is 24.1 Å². The number of ketones is 2. The molecular formula is C19H13BrCl4O4. The van der Waals surface area contributed by atoms with Crippen LogP contribution >= 0.6 is 62.3 Å². The van der Waals surface area contributed by atoms with Crippen molar-refractivity contribution in [3.05, 3.63) is 56.5 Å². The van der Waals surface area contributed by atoms with E-state index in [1.165, 1.54) is 13.2 Å². The lowest BCUT2D eigenvalue weighted by atomic mass is 9.62. The SMILES string of the molecule is C=CC1=CC[C@@]2(Cl)C(=O)C(Cl)=C(Cl)C(=O)[C@@]2(Cl)[C@H]1c1cc(Br)cc(OC)c1O. The quantitative estimate of drug-likeness (QED) is 0.524. The summed E-state index contributed by atoms with van der Waals surface area (Å²) in [6.45, 7) is 3.76. The number of rotatable bonds is 3. The number of hydrogen-bond acceptors (Lipinski definition) is 4. The van der Waals surface area contributed by atoms with Gasteiger partial charge in [0.05, 0.1) is 7.11 Å². The molecule has 1 aromatic carbocycles. The number of hydrogen-bond donors (Lipinski definition) is 1. The maximum absolute atomic E-state index is 13.2. The molecule has 0 saturated heterocycles. The number of alkyl halides is 2. The maximum atomic E-state index is 13.2. The Bertz CT molecular complexity index is 986. The van der Waals surface area contributed by atoms with E-state index in [4.69, 9.17) is 51.1 Å². The van der Waals surface area contributed by atoms with Crippen LogP contribution in [0.15, 0.2) is 51.0 Å². The standard InChI is InChI=1S/C19H13BrCl4O4/c1-3-8-4-5-18(23)16(26)13(21)14(22)17(27)19(18,24)12(8)10-6-9(20)7-11(28-2)15(10)25/h3-4,6-7,12,25H,1,5H2,2H3/t12-,18-,19+/m1/s1. The minimum absolute atomic E-state index is 0.0627. The number of ether oxygens (including phenoxy) is 1. The average molecular weight is 527 g/mol. The zero-order valence-corrected chi connectivity index (χ0v) is 19.0. The van der Waals surface area contributed by atoms with Gasteiger partial charge in [0.1, 0.15) is 19.8 Å². The number of carbonyl (C=O) groups is 2. The number of carbonyl (C=O) groups excluding carboxylic acids is 2. The Morgan fingerprint density at radius 2 is 1.86 bits per heavy atom. The highest BCUT2D eigenvalue weighted by Gasteiger charge is 2.68. The third-order valence-corrected chi connectivity index (χ3v) is 7.75. The van der Waals surface area contributed by atoms with Crippen molar-refractivity contribution in [2.75, 3.05) is 7.11 Å². The topological polar surface area (TPSA) is 63.6 Å². The first kappa shape index (κ1) is 21.7. The van der Waals surface area contributed by atoms with Crippen LogP contribution in [0.4, 0.5) is 0 Å². The Morgan fingerprint density at radius 3 is 2.43 bits per heavy atom. The molecule has 0 unspecified atom stereocenters. The fourth-order valence-electron chi connectivity index (χ4n) is 3.65. The summed E-state index contributed by atoms with van der Waals surface area (Å²) in [6.07, 6.45) is 3.07. The molecule has 2 aliphatic carbocycles. The molecule has 0 amide bonds. The maximum Gasteiger partial charge on any atom is 0.199 e. The molecule has 0 bridgehead atoms. The molecule has 0 saturated carbocycles. The fraction of sp³-hybridized carbons (Fsp3) is 0.263. The van der Waals surface area contributed by atoms with Gasteiger partial charge in [-0.2, -0.15) is 0 Å². The van der Waals surface area contributed by atoms with Crippen LogP contribution in [0.5, 0.6) is 11.5 Å². The normalized spacial score (nSPS) is 30.1. The van der Waals surface area contributed by atoms with Gasteiger partial charge in [-0.1, -0.05) is 57.9 Å². The molecule has 4 nitrogen and oxygen atoms in total. The molecule has 3 rings (SSSR count). The number of Topliss-reactive ketones (excluding diaryl/α,β-unsaturated/α-hetero) is 2. The van der Waals surface area contributed by atoms with Crippen LogP contribution < -0.4 is 4.74 Å². The van der Waals surface area contributed by atoms with E-state index >= 15 is 0 Å². The van der Waals surface area contributed by atoms with Gasteiger partial charge in [0.25, 0.3) is 0 Å². The summed E-state index contributed by atoms with van der Waals surface area (Å²) >= 11 is 28.9. The summed E-state index contributed by atoms with van der Waals surface area (Å²) < 4.78 is 5.75. The smallest absolute Gasteiger partial charge is 0.199 e. The molecule has 3 atom stereocenters. The fourth-order valence-corrected chi connectivity index (χ4v) is 5.55. The lowest BCUT2D eigenvalue weighted by Gasteiger charge is -2.50. The van der Waals surface area contributed by atoms with Gasteiger partial charge in [0.2, 0.25) is 0 Å². The van der Waals surface area contributed by atoms with Gasteiger partial charge in [-0.3, -0.25) is 9.59 Å². The van der Waals surface area contributed by atoms with Crippen molar-refractivity contribution in [3.63, 3.8) is 0 Å². The third kappa shape index (κ3) is 2.78. The van der Waals surface area contributed by atoms with E-state index in [0.717, 1.165) is 0 Å². The summed E-state index contributed by atoms with van der Waals surface area (Å²) in [5.41, 5.74) is 0.728. The van der Waals surface area contributed by atoms with E-state index in [2.05, 4.69) is 22.5 Å². The van der Waals surface area contributed by atoms with E-state index in [0.29, 0.717) is 10.0 Å². The largest absolute Gasteiger partial charge is 0.504 e. The van der Waals surface area contributed by atoms with Gasteiger partial charge in [0.15, 0.2) is 23.1 Å². The van der Waals surface area contributed by atoms with E-state index in [1.807, 2.05) is 0 Å². The summed E-state index contributed by atoms with van der Waals surface area (Å²) in [6, 6.07) is 3.11. The van der Waals surface area contributed by atoms with Crippen molar-refractivity contribution in [3.8, 4) is 11.5 Å². The van der Waals surface area contributed by atoms with E-state index < -0.39 is 37.3 Å². The molecule has 0 aromatic heterocycles. The molecular weight excluding hydrogens is 514 g/mol. The molecule has 0 spiro atoms. The molecule has 1 N–H and O–H groups in total.